The Balaban J connectivity index is 0.00000280. The highest BCUT2D eigenvalue weighted by atomic mass is 79.9. The second-order valence-corrected chi connectivity index (χ2v) is 8.61. The fraction of sp³-hybridized carbons (Fsp3) is 0.0526. The monoisotopic (exact) mass is 500 g/mol. The summed E-state index contributed by atoms with van der Waals surface area (Å²) in [5.41, 5.74) is 2.02. The molecule has 0 saturated carbocycles. The highest BCUT2D eigenvalue weighted by molar-refractivity contribution is 8.93. The lowest BCUT2D eigenvalue weighted by atomic mass is 10.1. The molecular formula is C19H15BrCl2N2O3S. The lowest BCUT2D eigenvalue weighted by molar-refractivity contribution is 0.102. The van der Waals surface area contributed by atoms with E-state index < -0.39 is 15.7 Å². The third-order valence-corrected chi connectivity index (χ3v) is 5.53. The zero-order chi connectivity index (χ0) is 19.6. The van der Waals surface area contributed by atoms with Crippen molar-refractivity contribution in [3.63, 3.8) is 0 Å². The Bertz CT molecular complexity index is 1120. The molecule has 3 rings (SSSR count). The van der Waals surface area contributed by atoms with Crippen molar-refractivity contribution >= 4 is 61.6 Å². The number of anilines is 1. The minimum Gasteiger partial charge on any atom is -0.322 e. The molecule has 146 valence electrons. The number of nitrogens with one attached hydrogen (secondary N) is 1. The summed E-state index contributed by atoms with van der Waals surface area (Å²) < 4.78 is 23.2. The number of pyridine rings is 1. The van der Waals surface area contributed by atoms with Gasteiger partial charge in [0.05, 0.1) is 26.2 Å². The van der Waals surface area contributed by atoms with Crippen molar-refractivity contribution in [3.8, 4) is 11.3 Å². The standard InChI is InChI=1S/C19H14Cl2N2O3S.BrH/c1-27(25,26)13-6-7-14(17(21)11-13)19(24)23-12-5-8-16(20)15(10-12)18-4-2-3-9-22-18;/h2-11H,1H3,(H,23,24);1H. The molecule has 1 aromatic heterocycles. The zero-order valence-electron chi connectivity index (χ0n) is 14.5. The van der Waals surface area contributed by atoms with E-state index in [9.17, 15) is 13.2 Å². The Kier molecular flexibility index (Phi) is 7.22. The molecule has 5 nitrogen and oxygen atoms in total. The van der Waals surface area contributed by atoms with E-state index in [0.29, 0.717) is 22.0 Å². The number of hydrogen-bond acceptors (Lipinski definition) is 4. The summed E-state index contributed by atoms with van der Waals surface area (Å²) in [6.07, 6.45) is 2.73. The van der Waals surface area contributed by atoms with Crippen LogP contribution >= 0.6 is 40.2 Å². The molecule has 28 heavy (non-hydrogen) atoms. The van der Waals surface area contributed by atoms with Crippen LogP contribution in [0.4, 0.5) is 5.69 Å². The molecule has 0 aliphatic rings. The fourth-order valence-electron chi connectivity index (χ4n) is 2.43. The molecule has 1 N–H and O–H groups in total. The van der Waals surface area contributed by atoms with Gasteiger partial charge in [-0.05, 0) is 48.5 Å². The maximum atomic E-state index is 12.5. The van der Waals surface area contributed by atoms with E-state index in [2.05, 4.69) is 10.3 Å². The first kappa shape index (κ1) is 22.4. The van der Waals surface area contributed by atoms with Gasteiger partial charge in [-0.2, -0.15) is 0 Å². The molecule has 2 aromatic carbocycles. The van der Waals surface area contributed by atoms with Crippen LogP contribution in [0.3, 0.4) is 0 Å². The van der Waals surface area contributed by atoms with Crippen LogP contribution in [0.15, 0.2) is 65.7 Å². The molecule has 0 spiro atoms. The highest BCUT2D eigenvalue weighted by Crippen LogP contribution is 2.30. The van der Waals surface area contributed by atoms with Gasteiger partial charge in [-0.15, -0.1) is 17.0 Å². The normalized spacial score (nSPS) is 10.8. The predicted molar refractivity (Wildman–Crippen MR) is 118 cm³/mol. The molecule has 0 atom stereocenters. The lowest BCUT2D eigenvalue weighted by Crippen LogP contribution is -2.13. The number of carbonyl (C=O) groups excluding carboxylic acids is 1. The summed E-state index contributed by atoms with van der Waals surface area (Å²) in [4.78, 5) is 16.8. The highest BCUT2D eigenvalue weighted by Gasteiger charge is 2.15. The number of nitrogens with zero attached hydrogens (tertiary/aromatic N) is 1. The van der Waals surface area contributed by atoms with E-state index in [1.54, 1.807) is 30.5 Å². The van der Waals surface area contributed by atoms with E-state index in [4.69, 9.17) is 23.2 Å². The van der Waals surface area contributed by atoms with Crippen molar-refractivity contribution in [2.75, 3.05) is 11.6 Å². The molecule has 0 aliphatic carbocycles. The second-order valence-electron chi connectivity index (χ2n) is 5.78. The molecule has 0 bridgehead atoms. The Morgan fingerprint density at radius 2 is 1.75 bits per heavy atom. The molecule has 0 aliphatic heterocycles. The lowest BCUT2D eigenvalue weighted by Gasteiger charge is -2.10. The fourth-order valence-corrected chi connectivity index (χ4v) is 3.62. The zero-order valence-corrected chi connectivity index (χ0v) is 18.6. The number of benzene rings is 2. The molecule has 1 heterocycles. The smallest absolute Gasteiger partial charge is 0.257 e. The Hall–Kier alpha value is -1.93. The first-order valence-electron chi connectivity index (χ1n) is 7.77. The van der Waals surface area contributed by atoms with Gasteiger partial charge in [0.2, 0.25) is 0 Å². The summed E-state index contributed by atoms with van der Waals surface area (Å²) in [6, 6.07) is 14.5. The second kappa shape index (κ2) is 9.05. The van der Waals surface area contributed by atoms with Gasteiger partial charge in [-0.25, -0.2) is 8.42 Å². The van der Waals surface area contributed by atoms with Crippen LogP contribution in [-0.4, -0.2) is 25.6 Å². The van der Waals surface area contributed by atoms with Gasteiger partial charge >= 0.3 is 0 Å². The molecule has 1 amide bonds. The number of halogens is 3. The Labute approximate surface area is 183 Å². The summed E-state index contributed by atoms with van der Waals surface area (Å²) in [5.74, 6) is -0.464. The summed E-state index contributed by atoms with van der Waals surface area (Å²) in [6.45, 7) is 0. The summed E-state index contributed by atoms with van der Waals surface area (Å²) in [7, 11) is -3.41. The van der Waals surface area contributed by atoms with Crippen LogP contribution in [0, 0.1) is 0 Å². The van der Waals surface area contributed by atoms with Crippen LogP contribution in [0.5, 0.6) is 0 Å². The van der Waals surface area contributed by atoms with Crippen LogP contribution in [0.25, 0.3) is 11.3 Å². The van der Waals surface area contributed by atoms with E-state index in [-0.39, 0.29) is 32.5 Å². The number of sulfone groups is 1. The Morgan fingerprint density at radius 3 is 2.36 bits per heavy atom. The number of amides is 1. The van der Waals surface area contributed by atoms with Crippen LogP contribution in [0.1, 0.15) is 10.4 Å². The molecule has 0 fully saturated rings. The molecule has 9 heteroatoms. The predicted octanol–water partition coefficient (Wildman–Crippen LogP) is 5.29. The maximum Gasteiger partial charge on any atom is 0.257 e. The van der Waals surface area contributed by atoms with Crippen LogP contribution in [-0.2, 0) is 9.84 Å². The SMILES string of the molecule is Br.CS(=O)(=O)c1ccc(C(=O)Nc2ccc(Cl)c(-c3ccccn3)c2)c(Cl)c1. The number of aromatic nitrogens is 1. The largest absolute Gasteiger partial charge is 0.322 e. The van der Waals surface area contributed by atoms with Crippen molar-refractivity contribution in [2.45, 2.75) is 4.90 Å². The van der Waals surface area contributed by atoms with Crippen LogP contribution in [0.2, 0.25) is 10.0 Å². The third kappa shape index (κ3) is 5.11. The first-order valence-corrected chi connectivity index (χ1v) is 10.4. The average Bonchev–Trinajstić information content (AvgIpc) is 2.63. The van der Waals surface area contributed by atoms with Gasteiger partial charge in [-0.1, -0.05) is 29.3 Å². The van der Waals surface area contributed by atoms with E-state index in [0.717, 1.165) is 6.26 Å². The number of carbonyl (C=O) groups is 1. The molecular weight excluding hydrogens is 487 g/mol. The van der Waals surface area contributed by atoms with Gasteiger partial charge in [-0.3, -0.25) is 9.78 Å². The van der Waals surface area contributed by atoms with Gasteiger partial charge < -0.3 is 5.32 Å². The van der Waals surface area contributed by atoms with Gasteiger partial charge in [0, 0.05) is 23.7 Å². The van der Waals surface area contributed by atoms with Crippen molar-refractivity contribution in [1.29, 1.82) is 0 Å². The van der Waals surface area contributed by atoms with E-state index >= 15 is 0 Å². The molecule has 0 saturated heterocycles. The summed E-state index contributed by atoms with van der Waals surface area (Å²) >= 11 is 12.3. The number of hydrogen-bond donors (Lipinski definition) is 1. The molecule has 0 unspecified atom stereocenters. The van der Waals surface area contributed by atoms with Gasteiger partial charge in [0.15, 0.2) is 9.84 Å². The quantitative estimate of drug-likeness (QED) is 0.527. The van der Waals surface area contributed by atoms with E-state index in [1.807, 2.05) is 12.1 Å². The van der Waals surface area contributed by atoms with Crippen molar-refractivity contribution in [3.05, 3.63) is 76.4 Å². The molecule has 3 aromatic rings. The Morgan fingerprint density at radius 1 is 1.00 bits per heavy atom. The van der Waals surface area contributed by atoms with Crippen molar-refractivity contribution < 1.29 is 13.2 Å². The van der Waals surface area contributed by atoms with Crippen molar-refractivity contribution in [2.24, 2.45) is 0 Å². The summed E-state index contributed by atoms with van der Waals surface area (Å²) in [5, 5.41) is 3.29. The number of rotatable bonds is 4. The topological polar surface area (TPSA) is 76.1 Å². The first-order chi connectivity index (χ1) is 12.8. The van der Waals surface area contributed by atoms with Gasteiger partial charge in [0.25, 0.3) is 5.91 Å². The third-order valence-electron chi connectivity index (χ3n) is 3.78. The maximum absolute atomic E-state index is 12.5. The van der Waals surface area contributed by atoms with Crippen LogP contribution < -0.4 is 5.32 Å². The van der Waals surface area contributed by atoms with E-state index in [1.165, 1.54) is 18.2 Å². The molecule has 0 radical (unpaired) electrons. The minimum absolute atomic E-state index is 0. The van der Waals surface area contributed by atoms with Crippen molar-refractivity contribution in [1.82, 2.24) is 4.98 Å². The average molecular weight is 502 g/mol. The van der Waals surface area contributed by atoms with Gasteiger partial charge in [0.1, 0.15) is 0 Å². The minimum atomic E-state index is -3.41.